The van der Waals surface area contributed by atoms with Crippen LogP contribution in [0.2, 0.25) is 0 Å². The van der Waals surface area contributed by atoms with Crippen molar-refractivity contribution in [1.82, 2.24) is 10.2 Å². The van der Waals surface area contributed by atoms with Crippen molar-refractivity contribution < 1.29 is 14.3 Å². The van der Waals surface area contributed by atoms with Crippen molar-refractivity contribution >= 4 is 11.9 Å². The van der Waals surface area contributed by atoms with Gasteiger partial charge >= 0.3 is 5.97 Å². The van der Waals surface area contributed by atoms with Gasteiger partial charge in [0.2, 0.25) is 5.91 Å². The Hall–Kier alpha value is -1.10. The zero-order valence-corrected chi connectivity index (χ0v) is 9.28. The highest BCUT2D eigenvalue weighted by atomic mass is 16.5. The van der Waals surface area contributed by atoms with E-state index in [2.05, 4.69) is 10.1 Å². The van der Waals surface area contributed by atoms with Crippen LogP contribution in [0.25, 0.3) is 0 Å². The van der Waals surface area contributed by atoms with Crippen molar-refractivity contribution in [3.05, 3.63) is 0 Å². The Balaban J connectivity index is 2.35. The number of nitrogens with one attached hydrogen (secondary N) is 1. The molecule has 1 saturated heterocycles. The van der Waals surface area contributed by atoms with Gasteiger partial charge in [0, 0.05) is 26.1 Å². The van der Waals surface area contributed by atoms with Crippen molar-refractivity contribution in [3.8, 4) is 0 Å². The summed E-state index contributed by atoms with van der Waals surface area (Å²) in [7, 11) is 1.36. The van der Waals surface area contributed by atoms with E-state index in [0.29, 0.717) is 19.5 Å². The second kappa shape index (κ2) is 5.70. The Morgan fingerprint density at radius 2 is 2.40 bits per heavy atom. The molecule has 1 amide bonds. The molecule has 5 nitrogen and oxygen atoms in total. The van der Waals surface area contributed by atoms with Crippen LogP contribution in [0.4, 0.5) is 0 Å². The molecule has 0 radical (unpaired) electrons. The minimum absolute atomic E-state index is 0.0447. The summed E-state index contributed by atoms with van der Waals surface area (Å²) in [6.45, 7) is 4.85. The molecule has 15 heavy (non-hydrogen) atoms. The van der Waals surface area contributed by atoms with Crippen molar-refractivity contribution in [3.63, 3.8) is 0 Å². The SMILES string of the molecule is CCNCCN1CC(C(=O)OC)CC1=O. The topological polar surface area (TPSA) is 58.6 Å². The Kier molecular flexibility index (Phi) is 4.55. The number of carbonyl (C=O) groups excluding carboxylic acids is 2. The number of hydrogen-bond acceptors (Lipinski definition) is 4. The Bertz CT molecular complexity index is 243. The lowest BCUT2D eigenvalue weighted by molar-refractivity contribution is -0.145. The van der Waals surface area contributed by atoms with Gasteiger partial charge in [-0.15, -0.1) is 0 Å². The van der Waals surface area contributed by atoms with Crippen LogP contribution in [-0.2, 0) is 14.3 Å². The first-order valence-corrected chi connectivity index (χ1v) is 5.25. The van der Waals surface area contributed by atoms with Crippen molar-refractivity contribution in [2.45, 2.75) is 13.3 Å². The third-order valence-electron chi connectivity index (χ3n) is 2.56. The van der Waals surface area contributed by atoms with Gasteiger partial charge in [-0.3, -0.25) is 9.59 Å². The third kappa shape index (κ3) is 3.20. The first-order valence-electron chi connectivity index (χ1n) is 5.25. The summed E-state index contributed by atoms with van der Waals surface area (Å²) < 4.78 is 4.62. The van der Waals surface area contributed by atoms with E-state index in [0.717, 1.165) is 13.1 Å². The van der Waals surface area contributed by atoms with Gasteiger partial charge in [0.05, 0.1) is 13.0 Å². The highest BCUT2D eigenvalue weighted by Gasteiger charge is 2.34. The molecule has 0 aromatic rings. The number of ether oxygens (including phenoxy) is 1. The summed E-state index contributed by atoms with van der Waals surface area (Å²) in [5, 5.41) is 3.14. The van der Waals surface area contributed by atoms with E-state index in [1.165, 1.54) is 7.11 Å². The second-order valence-electron chi connectivity index (χ2n) is 3.62. The Morgan fingerprint density at radius 1 is 1.67 bits per heavy atom. The van der Waals surface area contributed by atoms with Crippen LogP contribution >= 0.6 is 0 Å². The van der Waals surface area contributed by atoms with Crippen LogP contribution < -0.4 is 5.32 Å². The van der Waals surface area contributed by atoms with E-state index < -0.39 is 0 Å². The fourth-order valence-corrected chi connectivity index (χ4v) is 1.70. The maximum absolute atomic E-state index is 11.5. The largest absolute Gasteiger partial charge is 0.469 e. The van der Waals surface area contributed by atoms with Crippen LogP contribution in [0.1, 0.15) is 13.3 Å². The molecule has 5 heteroatoms. The van der Waals surface area contributed by atoms with Crippen molar-refractivity contribution in [1.29, 1.82) is 0 Å². The zero-order valence-electron chi connectivity index (χ0n) is 9.28. The zero-order chi connectivity index (χ0) is 11.3. The quantitative estimate of drug-likeness (QED) is 0.500. The average Bonchev–Trinajstić information content (AvgIpc) is 2.60. The molecule has 0 aliphatic carbocycles. The smallest absolute Gasteiger partial charge is 0.310 e. The fraction of sp³-hybridized carbons (Fsp3) is 0.800. The van der Waals surface area contributed by atoms with Crippen LogP contribution in [0, 0.1) is 5.92 Å². The lowest BCUT2D eigenvalue weighted by Gasteiger charge is -2.15. The maximum Gasteiger partial charge on any atom is 0.310 e. The monoisotopic (exact) mass is 214 g/mol. The fourth-order valence-electron chi connectivity index (χ4n) is 1.70. The van der Waals surface area contributed by atoms with E-state index in [-0.39, 0.29) is 17.8 Å². The Labute approximate surface area is 89.8 Å². The lowest BCUT2D eigenvalue weighted by Crippen LogP contribution is -2.33. The summed E-state index contributed by atoms with van der Waals surface area (Å²) >= 11 is 0. The average molecular weight is 214 g/mol. The van der Waals surface area contributed by atoms with Gasteiger partial charge in [0.25, 0.3) is 0 Å². The molecular formula is C10H18N2O3. The summed E-state index contributed by atoms with van der Waals surface area (Å²) in [4.78, 5) is 24.4. The number of carbonyl (C=O) groups is 2. The molecule has 86 valence electrons. The number of hydrogen-bond donors (Lipinski definition) is 1. The lowest BCUT2D eigenvalue weighted by atomic mass is 10.1. The Morgan fingerprint density at radius 3 is 3.00 bits per heavy atom. The number of likely N-dealkylation sites (N-methyl/N-ethyl adjacent to an activating group) is 1. The molecule has 1 fully saturated rings. The second-order valence-corrected chi connectivity index (χ2v) is 3.62. The summed E-state index contributed by atoms with van der Waals surface area (Å²) in [6, 6.07) is 0. The molecule has 0 bridgehead atoms. The molecule has 0 saturated carbocycles. The summed E-state index contributed by atoms with van der Waals surface area (Å²) in [6.07, 6.45) is 0.290. The van der Waals surface area contributed by atoms with Crippen molar-refractivity contribution in [2.75, 3.05) is 33.3 Å². The third-order valence-corrected chi connectivity index (χ3v) is 2.56. The molecule has 1 rings (SSSR count). The molecule has 0 aromatic heterocycles. The first-order chi connectivity index (χ1) is 7.19. The first kappa shape index (κ1) is 12.0. The molecule has 1 atom stereocenters. The predicted molar refractivity (Wildman–Crippen MR) is 55.2 cm³/mol. The minimum Gasteiger partial charge on any atom is -0.469 e. The molecule has 0 spiro atoms. The van der Waals surface area contributed by atoms with Crippen LogP contribution in [0.3, 0.4) is 0 Å². The van der Waals surface area contributed by atoms with E-state index >= 15 is 0 Å². The number of likely N-dealkylation sites (tertiary alicyclic amines) is 1. The normalized spacial score (nSPS) is 20.8. The summed E-state index contributed by atoms with van der Waals surface area (Å²) in [5.41, 5.74) is 0. The molecular weight excluding hydrogens is 196 g/mol. The number of amides is 1. The predicted octanol–water partition coefficient (Wildman–Crippen LogP) is -0.383. The van der Waals surface area contributed by atoms with Gasteiger partial charge in [-0.1, -0.05) is 6.92 Å². The molecule has 1 unspecified atom stereocenters. The number of methoxy groups -OCH3 is 1. The number of rotatable bonds is 5. The van der Waals surface area contributed by atoms with E-state index in [9.17, 15) is 9.59 Å². The van der Waals surface area contributed by atoms with Crippen LogP contribution in [0.15, 0.2) is 0 Å². The molecule has 1 aliphatic rings. The number of nitrogens with zero attached hydrogens (tertiary/aromatic N) is 1. The molecule has 1 aliphatic heterocycles. The molecule has 0 aromatic carbocycles. The molecule has 1 N–H and O–H groups in total. The van der Waals surface area contributed by atoms with Gasteiger partial charge in [-0.25, -0.2) is 0 Å². The van der Waals surface area contributed by atoms with Gasteiger partial charge in [0.1, 0.15) is 0 Å². The highest BCUT2D eigenvalue weighted by Crippen LogP contribution is 2.18. The standard InChI is InChI=1S/C10H18N2O3/c1-3-11-4-5-12-7-8(6-9(12)13)10(14)15-2/h8,11H,3-7H2,1-2H3. The maximum atomic E-state index is 11.5. The van der Waals surface area contributed by atoms with E-state index in [4.69, 9.17) is 0 Å². The summed E-state index contributed by atoms with van der Waals surface area (Å²) in [5.74, 6) is -0.512. The van der Waals surface area contributed by atoms with Crippen molar-refractivity contribution in [2.24, 2.45) is 5.92 Å². The van der Waals surface area contributed by atoms with E-state index in [1.807, 2.05) is 6.92 Å². The van der Waals surface area contributed by atoms with Gasteiger partial charge in [-0.2, -0.15) is 0 Å². The van der Waals surface area contributed by atoms with E-state index in [1.54, 1.807) is 4.90 Å². The minimum atomic E-state index is -0.283. The van der Waals surface area contributed by atoms with Gasteiger partial charge in [-0.05, 0) is 6.54 Å². The highest BCUT2D eigenvalue weighted by molar-refractivity contribution is 5.86. The van der Waals surface area contributed by atoms with Gasteiger partial charge < -0.3 is 15.0 Å². The molecule has 1 heterocycles. The number of esters is 1. The van der Waals surface area contributed by atoms with Crippen LogP contribution in [0.5, 0.6) is 0 Å². The van der Waals surface area contributed by atoms with Crippen LogP contribution in [-0.4, -0.2) is 50.1 Å². The van der Waals surface area contributed by atoms with Gasteiger partial charge in [0.15, 0.2) is 0 Å².